The van der Waals surface area contributed by atoms with Crippen molar-refractivity contribution in [2.45, 2.75) is 38.1 Å². The molecule has 2 N–H and O–H groups in total. The smallest absolute Gasteiger partial charge is 0.321 e. The van der Waals surface area contributed by atoms with Crippen molar-refractivity contribution in [2.75, 3.05) is 13.2 Å². The highest BCUT2D eigenvalue weighted by Crippen LogP contribution is 2.10. The maximum Gasteiger partial charge on any atom is 0.321 e. The molecule has 1 aromatic rings. The van der Waals surface area contributed by atoms with E-state index < -0.39 is 40.6 Å². The lowest BCUT2D eigenvalue weighted by atomic mass is 10.1. The van der Waals surface area contributed by atoms with Crippen molar-refractivity contribution in [3.05, 3.63) is 29.8 Å². The van der Waals surface area contributed by atoms with Crippen LogP contribution in [0.4, 0.5) is 0 Å². The fourth-order valence-electron chi connectivity index (χ4n) is 1.76. The molecule has 0 aromatic heterocycles. The molecule has 0 atom stereocenters. The molecule has 1 aromatic carbocycles. The van der Waals surface area contributed by atoms with Gasteiger partial charge in [0, 0.05) is 11.1 Å². The first-order valence-electron chi connectivity index (χ1n) is 7.48. The number of rotatable bonds is 7. The number of carbonyl (C=O) groups is 3. The molecule has 0 fully saturated rings. The van der Waals surface area contributed by atoms with Gasteiger partial charge in [0.2, 0.25) is 10.0 Å². The Labute approximate surface area is 147 Å². The van der Waals surface area contributed by atoms with Crippen LogP contribution in [-0.4, -0.2) is 44.8 Å². The summed E-state index contributed by atoms with van der Waals surface area (Å²) in [6.45, 7) is 5.59. The van der Waals surface area contributed by atoms with E-state index in [1.165, 1.54) is 31.2 Å². The highest BCUT2D eigenvalue weighted by Gasteiger charge is 2.18. The molecule has 0 radical (unpaired) electrons. The SMILES string of the molecule is CC(=O)c1ccc(S(=O)(=O)NCC(=O)OCC(=O)NC(C)(C)C)cc1. The number of hydrogen-bond acceptors (Lipinski definition) is 6. The van der Waals surface area contributed by atoms with Crippen LogP contribution >= 0.6 is 0 Å². The van der Waals surface area contributed by atoms with Gasteiger partial charge in [0.1, 0.15) is 6.54 Å². The van der Waals surface area contributed by atoms with Crippen LogP contribution in [0.1, 0.15) is 38.1 Å². The number of carbonyl (C=O) groups excluding carboxylic acids is 3. The van der Waals surface area contributed by atoms with Gasteiger partial charge in [0.05, 0.1) is 4.90 Å². The van der Waals surface area contributed by atoms with Crippen LogP contribution in [0.5, 0.6) is 0 Å². The van der Waals surface area contributed by atoms with E-state index in [1.807, 2.05) is 0 Å². The van der Waals surface area contributed by atoms with Gasteiger partial charge < -0.3 is 10.1 Å². The van der Waals surface area contributed by atoms with Gasteiger partial charge in [-0.25, -0.2) is 8.42 Å². The summed E-state index contributed by atoms with van der Waals surface area (Å²) >= 11 is 0. The second kappa shape index (κ2) is 8.21. The van der Waals surface area contributed by atoms with E-state index >= 15 is 0 Å². The molecule has 0 saturated carbocycles. The second-order valence-corrected chi connectivity index (χ2v) is 8.13. The van der Waals surface area contributed by atoms with Gasteiger partial charge in [0.15, 0.2) is 12.4 Å². The van der Waals surface area contributed by atoms with Crippen molar-refractivity contribution in [3.8, 4) is 0 Å². The molecule has 9 heteroatoms. The first kappa shape index (κ1) is 20.8. The van der Waals surface area contributed by atoms with E-state index in [9.17, 15) is 22.8 Å². The summed E-state index contributed by atoms with van der Waals surface area (Å²) in [5.74, 6) is -1.55. The number of Topliss-reactive ketones (excluding diaryl/α,β-unsaturated/α-hetero) is 1. The molecule has 0 bridgehead atoms. The van der Waals surface area contributed by atoms with Crippen molar-refractivity contribution in [1.29, 1.82) is 0 Å². The molecule has 0 aliphatic carbocycles. The van der Waals surface area contributed by atoms with Crippen LogP contribution in [0.3, 0.4) is 0 Å². The third-order valence-electron chi connectivity index (χ3n) is 2.86. The topological polar surface area (TPSA) is 119 Å². The minimum absolute atomic E-state index is 0.0872. The number of ether oxygens (including phenoxy) is 1. The molecule has 0 aliphatic rings. The Morgan fingerprint density at radius 3 is 2.12 bits per heavy atom. The molecule has 0 saturated heterocycles. The van der Waals surface area contributed by atoms with Gasteiger partial charge in [-0.05, 0) is 39.8 Å². The van der Waals surface area contributed by atoms with Crippen molar-refractivity contribution >= 4 is 27.7 Å². The average Bonchev–Trinajstić information content (AvgIpc) is 2.49. The molecular formula is C16H22N2O6S. The van der Waals surface area contributed by atoms with Crippen LogP contribution in [0, 0.1) is 0 Å². The van der Waals surface area contributed by atoms with Gasteiger partial charge in [-0.2, -0.15) is 4.72 Å². The van der Waals surface area contributed by atoms with E-state index in [2.05, 4.69) is 10.0 Å². The molecule has 0 aliphatic heterocycles. The summed E-state index contributed by atoms with van der Waals surface area (Å²) in [5.41, 5.74) is -0.0832. The normalized spacial score (nSPS) is 11.7. The predicted molar refractivity (Wildman–Crippen MR) is 90.5 cm³/mol. The molecule has 8 nitrogen and oxygen atoms in total. The highest BCUT2D eigenvalue weighted by atomic mass is 32.2. The van der Waals surface area contributed by atoms with Gasteiger partial charge in [-0.1, -0.05) is 12.1 Å². The lowest BCUT2D eigenvalue weighted by Gasteiger charge is -2.20. The lowest BCUT2D eigenvalue weighted by molar-refractivity contribution is -0.147. The third-order valence-corrected chi connectivity index (χ3v) is 4.27. The monoisotopic (exact) mass is 370 g/mol. The second-order valence-electron chi connectivity index (χ2n) is 6.36. The number of nitrogens with one attached hydrogen (secondary N) is 2. The number of hydrogen-bond donors (Lipinski definition) is 2. The molecule has 0 heterocycles. The number of ketones is 1. The van der Waals surface area contributed by atoms with Crippen molar-refractivity contribution in [3.63, 3.8) is 0 Å². The summed E-state index contributed by atoms with van der Waals surface area (Å²) in [6, 6.07) is 5.29. The molecule has 1 rings (SSSR count). The summed E-state index contributed by atoms with van der Waals surface area (Å²) < 4.78 is 30.9. The highest BCUT2D eigenvalue weighted by molar-refractivity contribution is 7.89. The fraction of sp³-hybridized carbons (Fsp3) is 0.438. The molecule has 25 heavy (non-hydrogen) atoms. The molecule has 138 valence electrons. The summed E-state index contributed by atoms with van der Waals surface area (Å²) in [6.07, 6.45) is 0. The van der Waals surface area contributed by atoms with E-state index in [0.717, 1.165) is 0 Å². The zero-order valence-corrected chi connectivity index (χ0v) is 15.4. The van der Waals surface area contributed by atoms with Crippen molar-refractivity contribution < 1.29 is 27.5 Å². The Morgan fingerprint density at radius 2 is 1.64 bits per heavy atom. The van der Waals surface area contributed by atoms with Crippen LogP contribution in [-0.2, 0) is 24.3 Å². The van der Waals surface area contributed by atoms with Crippen molar-refractivity contribution in [2.24, 2.45) is 0 Å². The van der Waals surface area contributed by atoms with Crippen LogP contribution in [0.25, 0.3) is 0 Å². The molecule has 0 spiro atoms. The van der Waals surface area contributed by atoms with Crippen molar-refractivity contribution in [1.82, 2.24) is 10.0 Å². The number of amides is 1. The average molecular weight is 370 g/mol. The Bertz CT molecular complexity index is 748. The minimum Gasteiger partial charge on any atom is -0.455 e. The Kier molecular flexibility index (Phi) is 6.83. The van der Waals surface area contributed by atoms with Crippen LogP contribution in [0.2, 0.25) is 0 Å². The maximum atomic E-state index is 12.1. The standard InChI is InChI=1S/C16H22N2O6S/c1-11(19)12-5-7-13(8-6-12)25(22,23)17-9-15(21)24-10-14(20)18-16(2,3)4/h5-8,17H,9-10H2,1-4H3,(H,18,20). The third kappa shape index (κ3) is 7.44. The first-order valence-corrected chi connectivity index (χ1v) is 8.96. The van der Waals surface area contributed by atoms with Crippen LogP contribution < -0.4 is 10.0 Å². The zero-order valence-electron chi connectivity index (χ0n) is 14.6. The maximum absolute atomic E-state index is 12.1. The minimum atomic E-state index is -3.93. The lowest BCUT2D eigenvalue weighted by Crippen LogP contribution is -2.43. The summed E-state index contributed by atoms with van der Waals surface area (Å²) in [5, 5.41) is 2.60. The Morgan fingerprint density at radius 1 is 1.08 bits per heavy atom. The quantitative estimate of drug-likeness (QED) is 0.537. The van der Waals surface area contributed by atoms with Crippen LogP contribution in [0.15, 0.2) is 29.2 Å². The fourth-order valence-corrected chi connectivity index (χ4v) is 2.73. The van der Waals surface area contributed by atoms with E-state index in [1.54, 1.807) is 20.8 Å². The molecule has 0 unspecified atom stereocenters. The molecule has 1 amide bonds. The Hall–Kier alpha value is -2.26. The van der Waals surface area contributed by atoms with Gasteiger partial charge >= 0.3 is 5.97 Å². The predicted octanol–water partition coefficient (Wildman–Crippen LogP) is 0.625. The van der Waals surface area contributed by atoms with Gasteiger partial charge in [-0.15, -0.1) is 0 Å². The largest absolute Gasteiger partial charge is 0.455 e. The summed E-state index contributed by atoms with van der Waals surface area (Å²) in [7, 11) is -3.93. The molecular weight excluding hydrogens is 348 g/mol. The number of sulfonamides is 1. The van der Waals surface area contributed by atoms with E-state index in [0.29, 0.717) is 5.56 Å². The van der Waals surface area contributed by atoms with Gasteiger partial charge in [-0.3, -0.25) is 14.4 Å². The van der Waals surface area contributed by atoms with E-state index in [-0.39, 0.29) is 10.7 Å². The zero-order chi connectivity index (χ0) is 19.3. The number of esters is 1. The summed E-state index contributed by atoms with van der Waals surface area (Å²) in [4.78, 5) is 34.2. The first-order chi connectivity index (χ1) is 11.4. The van der Waals surface area contributed by atoms with Gasteiger partial charge in [0.25, 0.3) is 5.91 Å². The number of benzene rings is 1. The Balaban J connectivity index is 2.54. The van der Waals surface area contributed by atoms with E-state index in [4.69, 9.17) is 4.74 Å².